The van der Waals surface area contributed by atoms with Crippen LogP contribution in [-0.2, 0) is 6.42 Å². The number of nitrogens with zero attached hydrogens (tertiary/aromatic N) is 2. The van der Waals surface area contributed by atoms with E-state index < -0.39 is 6.10 Å². The molecule has 0 aliphatic carbocycles. The predicted molar refractivity (Wildman–Crippen MR) is 61.9 cm³/mol. The van der Waals surface area contributed by atoms with Crippen LogP contribution >= 0.6 is 0 Å². The molecule has 0 saturated carbocycles. The second kappa shape index (κ2) is 4.86. The lowest BCUT2D eigenvalue weighted by atomic mass is 10.1. The van der Waals surface area contributed by atoms with Gasteiger partial charge in [-0.25, -0.2) is 9.97 Å². The van der Waals surface area contributed by atoms with Gasteiger partial charge in [-0.1, -0.05) is 30.3 Å². The molecule has 2 rings (SSSR count). The number of hydrogen-bond donors (Lipinski definition) is 1. The van der Waals surface area contributed by atoms with Crippen LogP contribution in [0.1, 0.15) is 23.1 Å². The van der Waals surface area contributed by atoms with Crippen LogP contribution in [0.15, 0.2) is 42.7 Å². The maximum absolute atomic E-state index is 9.96. The third-order valence-electron chi connectivity index (χ3n) is 2.39. The molecule has 1 aromatic carbocycles. The first kappa shape index (κ1) is 10.8. The van der Waals surface area contributed by atoms with Crippen LogP contribution in [0.4, 0.5) is 0 Å². The van der Waals surface area contributed by atoms with Crippen LogP contribution in [0.3, 0.4) is 0 Å². The molecular weight excluding hydrogens is 200 g/mol. The van der Waals surface area contributed by atoms with Gasteiger partial charge in [-0.2, -0.15) is 0 Å². The van der Waals surface area contributed by atoms with E-state index in [9.17, 15) is 5.11 Å². The summed E-state index contributed by atoms with van der Waals surface area (Å²) in [4.78, 5) is 8.35. The summed E-state index contributed by atoms with van der Waals surface area (Å²) in [5.41, 5.74) is 1.92. The van der Waals surface area contributed by atoms with E-state index in [-0.39, 0.29) is 0 Å². The lowest BCUT2D eigenvalue weighted by molar-refractivity contribution is 0.176. The lowest BCUT2D eigenvalue weighted by Crippen LogP contribution is -2.05. The normalized spacial score (nSPS) is 12.4. The Bertz CT molecular complexity index is 439. The first-order valence-corrected chi connectivity index (χ1v) is 5.26. The summed E-state index contributed by atoms with van der Waals surface area (Å²) in [6.07, 6.45) is 3.44. The Morgan fingerprint density at radius 2 is 1.75 bits per heavy atom. The Hall–Kier alpha value is -1.74. The largest absolute Gasteiger partial charge is 0.388 e. The molecule has 1 N–H and O–H groups in total. The second-order valence-electron chi connectivity index (χ2n) is 3.81. The maximum Gasteiger partial charge on any atom is 0.131 e. The summed E-state index contributed by atoms with van der Waals surface area (Å²) in [6, 6.07) is 9.55. The topological polar surface area (TPSA) is 46.0 Å². The number of hydrogen-bond acceptors (Lipinski definition) is 3. The molecule has 1 atom stereocenters. The SMILES string of the molecule is Cc1cnc(CC(O)c2ccccc2)nc1. The first-order chi connectivity index (χ1) is 7.75. The number of benzene rings is 1. The molecule has 1 aromatic heterocycles. The van der Waals surface area contributed by atoms with Crippen LogP contribution in [0, 0.1) is 6.92 Å². The zero-order valence-corrected chi connectivity index (χ0v) is 9.17. The van der Waals surface area contributed by atoms with Gasteiger partial charge >= 0.3 is 0 Å². The molecule has 3 heteroatoms. The van der Waals surface area contributed by atoms with Crippen molar-refractivity contribution < 1.29 is 5.11 Å². The monoisotopic (exact) mass is 214 g/mol. The van der Waals surface area contributed by atoms with E-state index >= 15 is 0 Å². The van der Waals surface area contributed by atoms with E-state index in [1.807, 2.05) is 37.3 Å². The fraction of sp³-hybridized carbons (Fsp3) is 0.231. The zero-order valence-electron chi connectivity index (χ0n) is 9.17. The van der Waals surface area contributed by atoms with Crippen molar-refractivity contribution in [2.24, 2.45) is 0 Å². The van der Waals surface area contributed by atoms with Crippen molar-refractivity contribution >= 4 is 0 Å². The van der Waals surface area contributed by atoms with Gasteiger partial charge in [0.1, 0.15) is 5.82 Å². The molecule has 0 aliphatic heterocycles. The highest BCUT2D eigenvalue weighted by atomic mass is 16.3. The zero-order chi connectivity index (χ0) is 11.4. The Morgan fingerprint density at radius 1 is 1.12 bits per heavy atom. The molecule has 0 saturated heterocycles. The van der Waals surface area contributed by atoms with E-state index in [2.05, 4.69) is 9.97 Å². The molecule has 1 heterocycles. The molecule has 0 bridgehead atoms. The lowest BCUT2D eigenvalue weighted by Gasteiger charge is -2.09. The Balaban J connectivity index is 2.08. The minimum absolute atomic E-state index is 0.449. The highest BCUT2D eigenvalue weighted by Crippen LogP contribution is 2.15. The molecule has 16 heavy (non-hydrogen) atoms. The number of aryl methyl sites for hydroxylation is 1. The fourth-order valence-corrected chi connectivity index (χ4v) is 1.49. The number of aliphatic hydroxyl groups is 1. The van der Waals surface area contributed by atoms with Crippen LogP contribution in [0.25, 0.3) is 0 Å². The molecule has 0 aliphatic rings. The van der Waals surface area contributed by atoms with E-state index in [1.54, 1.807) is 12.4 Å². The molecule has 82 valence electrons. The molecule has 0 fully saturated rings. The quantitative estimate of drug-likeness (QED) is 0.850. The number of aliphatic hydroxyl groups excluding tert-OH is 1. The highest BCUT2D eigenvalue weighted by molar-refractivity contribution is 5.18. The van der Waals surface area contributed by atoms with E-state index in [1.165, 1.54) is 0 Å². The molecule has 0 amide bonds. The van der Waals surface area contributed by atoms with Crippen molar-refractivity contribution in [3.8, 4) is 0 Å². The predicted octanol–water partition coefficient (Wildman–Crippen LogP) is 2.06. The van der Waals surface area contributed by atoms with Crippen molar-refractivity contribution in [3.05, 3.63) is 59.7 Å². The Kier molecular flexibility index (Phi) is 3.27. The van der Waals surface area contributed by atoms with Gasteiger partial charge in [-0.05, 0) is 18.1 Å². The second-order valence-corrected chi connectivity index (χ2v) is 3.81. The molecule has 3 nitrogen and oxygen atoms in total. The summed E-state index contributed by atoms with van der Waals surface area (Å²) < 4.78 is 0. The number of rotatable bonds is 3. The van der Waals surface area contributed by atoms with Crippen molar-refractivity contribution in [2.45, 2.75) is 19.4 Å². The minimum atomic E-state index is -0.538. The van der Waals surface area contributed by atoms with Crippen molar-refractivity contribution in [3.63, 3.8) is 0 Å². The van der Waals surface area contributed by atoms with Gasteiger partial charge in [0.05, 0.1) is 6.10 Å². The van der Waals surface area contributed by atoms with Gasteiger partial charge < -0.3 is 5.11 Å². The van der Waals surface area contributed by atoms with Crippen LogP contribution in [0.5, 0.6) is 0 Å². The summed E-state index contributed by atoms with van der Waals surface area (Å²) >= 11 is 0. The molecule has 1 unspecified atom stereocenters. The summed E-state index contributed by atoms with van der Waals surface area (Å²) in [5, 5.41) is 9.96. The van der Waals surface area contributed by atoms with Crippen molar-refractivity contribution in [1.29, 1.82) is 0 Å². The molecule has 0 spiro atoms. The average molecular weight is 214 g/mol. The fourth-order valence-electron chi connectivity index (χ4n) is 1.49. The van der Waals surface area contributed by atoms with Gasteiger partial charge in [-0.15, -0.1) is 0 Å². The van der Waals surface area contributed by atoms with Crippen LogP contribution in [-0.4, -0.2) is 15.1 Å². The molecular formula is C13H14N2O. The summed E-state index contributed by atoms with van der Waals surface area (Å²) in [5.74, 6) is 0.668. The van der Waals surface area contributed by atoms with E-state index in [0.717, 1.165) is 11.1 Å². The summed E-state index contributed by atoms with van der Waals surface area (Å²) in [7, 11) is 0. The maximum atomic E-state index is 9.96. The van der Waals surface area contributed by atoms with Gasteiger partial charge in [0.25, 0.3) is 0 Å². The Morgan fingerprint density at radius 3 is 2.38 bits per heavy atom. The van der Waals surface area contributed by atoms with Crippen LogP contribution < -0.4 is 0 Å². The van der Waals surface area contributed by atoms with Crippen LogP contribution in [0.2, 0.25) is 0 Å². The van der Waals surface area contributed by atoms with E-state index in [4.69, 9.17) is 0 Å². The highest BCUT2D eigenvalue weighted by Gasteiger charge is 2.09. The van der Waals surface area contributed by atoms with Gasteiger partial charge in [-0.3, -0.25) is 0 Å². The van der Waals surface area contributed by atoms with Crippen molar-refractivity contribution in [1.82, 2.24) is 9.97 Å². The van der Waals surface area contributed by atoms with Gasteiger partial charge in [0.15, 0.2) is 0 Å². The third-order valence-corrected chi connectivity index (χ3v) is 2.39. The first-order valence-electron chi connectivity index (χ1n) is 5.26. The average Bonchev–Trinajstić information content (AvgIpc) is 2.33. The molecule has 0 radical (unpaired) electrons. The van der Waals surface area contributed by atoms with Gasteiger partial charge in [0.2, 0.25) is 0 Å². The summed E-state index contributed by atoms with van der Waals surface area (Å²) in [6.45, 7) is 1.94. The number of aromatic nitrogens is 2. The Labute approximate surface area is 94.8 Å². The smallest absolute Gasteiger partial charge is 0.131 e. The van der Waals surface area contributed by atoms with E-state index in [0.29, 0.717) is 12.2 Å². The van der Waals surface area contributed by atoms with Crippen molar-refractivity contribution in [2.75, 3.05) is 0 Å². The van der Waals surface area contributed by atoms with Gasteiger partial charge in [0, 0.05) is 18.8 Å². The molecule has 2 aromatic rings. The standard InChI is InChI=1S/C13H14N2O/c1-10-8-14-13(15-9-10)7-12(16)11-5-3-2-4-6-11/h2-6,8-9,12,16H,7H2,1H3. The third kappa shape index (κ3) is 2.64. The minimum Gasteiger partial charge on any atom is -0.388 e.